The maximum Gasteiger partial charge on any atom is 0.0205 e. The normalized spacial score (nSPS) is 10.0. The van der Waals surface area contributed by atoms with Crippen molar-refractivity contribution in [1.82, 2.24) is 10.6 Å². The van der Waals surface area contributed by atoms with Crippen LogP contribution in [-0.4, -0.2) is 13.1 Å². The highest BCUT2D eigenvalue weighted by Gasteiger charge is 1.94. The van der Waals surface area contributed by atoms with Crippen LogP contribution in [0.1, 0.15) is 49.7 Å². The Balaban J connectivity index is 0.00000312. The van der Waals surface area contributed by atoms with Crippen molar-refractivity contribution in [2.75, 3.05) is 13.1 Å². The van der Waals surface area contributed by atoms with E-state index in [9.17, 15) is 0 Å². The number of hydrogen-bond acceptors (Lipinski definition) is 2. The Bertz CT molecular complexity index is 471. The standard InChI is InChI=1S/C22H32N2.2ClH/c1(3-11-17-23-19-21-13-7-5-8-14-21)2-4-12-18-24-20-22-15-9-6-10-16-22;;/h5-10,13-16,23-24H,1-4,11-12,17-20H2;2*1H. The highest BCUT2D eigenvalue weighted by molar-refractivity contribution is 5.85. The van der Waals surface area contributed by atoms with E-state index >= 15 is 0 Å². The Hall–Kier alpha value is -1.06. The van der Waals surface area contributed by atoms with Crippen LogP contribution in [0.25, 0.3) is 0 Å². The molecule has 2 nitrogen and oxygen atoms in total. The second kappa shape index (κ2) is 17.4. The Kier molecular flexibility index (Phi) is 16.7. The number of unbranched alkanes of at least 4 members (excludes halogenated alkanes) is 5. The molecule has 0 fully saturated rings. The van der Waals surface area contributed by atoms with Crippen LogP contribution in [0.15, 0.2) is 60.7 Å². The molecule has 0 aliphatic rings. The van der Waals surface area contributed by atoms with Gasteiger partial charge in [0.1, 0.15) is 0 Å². The van der Waals surface area contributed by atoms with Gasteiger partial charge in [-0.1, -0.05) is 86.3 Å². The van der Waals surface area contributed by atoms with Gasteiger partial charge in [0.05, 0.1) is 0 Å². The summed E-state index contributed by atoms with van der Waals surface area (Å²) < 4.78 is 0. The smallest absolute Gasteiger partial charge is 0.0205 e. The molecule has 2 N–H and O–H groups in total. The molecule has 0 aromatic heterocycles. The SMILES string of the molecule is Cl.Cl.c1ccc(CNCCCCCCCCNCc2ccccc2)cc1. The van der Waals surface area contributed by atoms with Crippen molar-refractivity contribution in [1.29, 1.82) is 0 Å². The molecule has 0 aliphatic heterocycles. The van der Waals surface area contributed by atoms with Crippen LogP contribution >= 0.6 is 24.8 Å². The molecule has 0 saturated heterocycles. The van der Waals surface area contributed by atoms with Crippen molar-refractivity contribution in [3.63, 3.8) is 0 Å². The number of nitrogens with one attached hydrogen (secondary N) is 2. The third-order valence-electron chi connectivity index (χ3n) is 4.30. The lowest BCUT2D eigenvalue weighted by atomic mass is 10.1. The molecular formula is C22H34Cl2N2. The summed E-state index contributed by atoms with van der Waals surface area (Å²) in [4.78, 5) is 0. The van der Waals surface area contributed by atoms with E-state index in [4.69, 9.17) is 0 Å². The van der Waals surface area contributed by atoms with Crippen molar-refractivity contribution < 1.29 is 0 Å². The molecule has 0 radical (unpaired) electrons. The molecule has 2 aromatic rings. The summed E-state index contributed by atoms with van der Waals surface area (Å²) in [7, 11) is 0. The van der Waals surface area contributed by atoms with E-state index in [0.717, 1.165) is 26.2 Å². The van der Waals surface area contributed by atoms with Gasteiger partial charge < -0.3 is 10.6 Å². The van der Waals surface area contributed by atoms with Gasteiger partial charge in [0.25, 0.3) is 0 Å². The van der Waals surface area contributed by atoms with Gasteiger partial charge >= 0.3 is 0 Å². The molecule has 0 amide bonds. The van der Waals surface area contributed by atoms with Gasteiger partial charge in [-0.05, 0) is 37.1 Å². The van der Waals surface area contributed by atoms with E-state index in [2.05, 4.69) is 71.3 Å². The summed E-state index contributed by atoms with van der Waals surface area (Å²) in [5.74, 6) is 0. The van der Waals surface area contributed by atoms with E-state index in [1.54, 1.807) is 0 Å². The summed E-state index contributed by atoms with van der Waals surface area (Å²) in [5, 5.41) is 7.05. The fourth-order valence-corrected chi connectivity index (χ4v) is 2.86. The lowest BCUT2D eigenvalue weighted by Crippen LogP contribution is -2.14. The second-order valence-corrected chi connectivity index (χ2v) is 6.45. The quantitative estimate of drug-likeness (QED) is 0.421. The summed E-state index contributed by atoms with van der Waals surface area (Å²) in [6.45, 7) is 4.25. The fourth-order valence-electron chi connectivity index (χ4n) is 2.86. The average molecular weight is 397 g/mol. The second-order valence-electron chi connectivity index (χ2n) is 6.45. The van der Waals surface area contributed by atoms with Gasteiger partial charge in [-0.25, -0.2) is 0 Å². The van der Waals surface area contributed by atoms with Crippen LogP contribution in [0, 0.1) is 0 Å². The van der Waals surface area contributed by atoms with Gasteiger partial charge in [0.15, 0.2) is 0 Å². The number of rotatable bonds is 13. The van der Waals surface area contributed by atoms with Crippen LogP contribution < -0.4 is 10.6 Å². The molecular weight excluding hydrogens is 363 g/mol. The minimum atomic E-state index is 0. The first-order valence-electron chi connectivity index (χ1n) is 9.44. The number of hydrogen-bond donors (Lipinski definition) is 2. The topological polar surface area (TPSA) is 24.1 Å². The first-order chi connectivity index (χ1) is 11.9. The number of halogens is 2. The van der Waals surface area contributed by atoms with E-state index in [1.807, 2.05) is 0 Å². The number of benzene rings is 2. The molecule has 0 spiro atoms. The van der Waals surface area contributed by atoms with Gasteiger partial charge in [-0.2, -0.15) is 0 Å². The lowest BCUT2D eigenvalue weighted by Gasteiger charge is -2.06. The van der Waals surface area contributed by atoms with Crippen molar-refractivity contribution in [2.45, 2.75) is 51.6 Å². The van der Waals surface area contributed by atoms with Crippen LogP contribution in [0.5, 0.6) is 0 Å². The lowest BCUT2D eigenvalue weighted by molar-refractivity contribution is 0.549. The monoisotopic (exact) mass is 396 g/mol. The van der Waals surface area contributed by atoms with E-state index in [-0.39, 0.29) is 24.8 Å². The molecule has 0 heterocycles. The third-order valence-corrected chi connectivity index (χ3v) is 4.30. The average Bonchev–Trinajstić information content (AvgIpc) is 2.64. The van der Waals surface area contributed by atoms with Crippen molar-refractivity contribution in [2.24, 2.45) is 0 Å². The maximum absolute atomic E-state index is 3.53. The predicted octanol–water partition coefficient (Wildman–Crippen LogP) is 5.75. The molecule has 0 bridgehead atoms. The Morgan fingerprint density at radius 2 is 0.808 bits per heavy atom. The van der Waals surface area contributed by atoms with Crippen molar-refractivity contribution in [3.8, 4) is 0 Å². The zero-order chi connectivity index (χ0) is 16.7. The molecule has 0 aliphatic carbocycles. The van der Waals surface area contributed by atoms with Gasteiger partial charge in [0, 0.05) is 13.1 Å². The van der Waals surface area contributed by atoms with Crippen molar-refractivity contribution in [3.05, 3.63) is 71.8 Å². The van der Waals surface area contributed by atoms with Crippen LogP contribution in [0.3, 0.4) is 0 Å². The maximum atomic E-state index is 3.53. The van der Waals surface area contributed by atoms with Crippen LogP contribution in [0.2, 0.25) is 0 Å². The Labute approximate surface area is 172 Å². The minimum absolute atomic E-state index is 0. The Morgan fingerprint density at radius 1 is 0.462 bits per heavy atom. The first kappa shape index (κ1) is 24.9. The predicted molar refractivity (Wildman–Crippen MR) is 118 cm³/mol. The molecule has 2 rings (SSSR count). The van der Waals surface area contributed by atoms with Gasteiger partial charge in [-0.15, -0.1) is 24.8 Å². The van der Waals surface area contributed by atoms with E-state index in [1.165, 1.54) is 49.7 Å². The molecule has 26 heavy (non-hydrogen) atoms. The van der Waals surface area contributed by atoms with Crippen LogP contribution in [-0.2, 0) is 13.1 Å². The van der Waals surface area contributed by atoms with E-state index < -0.39 is 0 Å². The van der Waals surface area contributed by atoms with Gasteiger partial charge in [0.2, 0.25) is 0 Å². The Morgan fingerprint density at radius 3 is 1.19 bits per heavy atom. The molecule has 146 valence electrons. The largest absolute Gasteiger partial charge is 0.313 e. The fraction of sp³-hybridized carbons (Fsp3) is 0.455. The minimum Gasteiger partial charge on any atom is -0.313 e. The highest BCUT2D eigenvalue weighted by Crippen LogP contribution is 2.05. The molecule has 0 unspecified atom stereocenters. The molecule has 2 aromatic carbocycles. The summed E-state index contributed by atoms with van der Waals surface area (Å²) >= 11 is 0. The van der Waals surface area contributed by atoms with Crippen molar-refractivity contribution >= 4 is 24.8 Å². The zero-order valence-electron chi connectivity index (χ0n) is 15.7. The summed E-state index contributed by atoms with van der Waals surface area (Å²) in [6, 6.07) is 21.3. The summed E-state index contributed by atoms with van der Waals surface area (Å²) in [5.41, 5.74) is 2.75. The zero-order valence-corrected chi connectivity index (χ0v) is 17.3. The first-order valence-corrected chi connectivity index (χ1v) is 9.44. The van der Waals surface area contributed by atoms with E-state index in [0.29, 0.717) is 0 Å². The third kappa shape index (κ3) is 12.3. The van der Waals surface area contributed by atoms with Crippen LogP contribution in [0.4, 0.5) is 0 Å². The summed E-state index contributed by atoms with van der Waals surface area (Å²) in [6.07, 6.45) is 8.01. The molecule has 0 atom stereocenters. The van der Waals surface area contributed by atoms with Gasteiger partial charge in [-0.3, -0.25) is 0 Å². The molecule has 4 heteroatoms. The molecule has 0 saturated carbocycles. The highest BCUT2D eigenvalue weighted by atomic mass is 35.5.